The molecule has 0 aromatic rings. The largest absolute Gasteiger partial charge is 0.449 e. The first-order valence-corrected chi connectivity index (χ1v) is 10.3. The molecular formula is C20H41NO7. The molecule has 0 aliphatic heterocycles. The molecule has 0 heterocycles. The number of likely N-dealkylation sites (N-methyl/N-ethyl adjacent to an activating group) is 1. The number of carbonyl (C=O) groups is 1. The van der Waals surface area contributed by atoms with E-state index in [0.29, 0.717) is 0 Å². The highest BCUT2D eigenvalue weighted by molar-refractivity contribution is 5.67. The molecule has 0 bridgehead atoms. The molecular weight excluding hydrogens is 366 g/mol. The average Bonchev–Trinajstić information content (AvgIpc) is 2.73. The number of ether oxygens (including phenoxy) is 1. The highest BCUT2D eigenvalue weighted by atomic mass is 16.6. The van der Waals surface area contributed by atoms with Crippen LogP contribution in [0.25, 0.3) is 0 Å². The van der Waals surface area contributed by atoms with Crippen molar-refractivity contribution < 1.29 is 36.4 Å². The number of aliphatic hydroxyl groups excluding tert-OH is 5. The molecule has 1 unspecified atom stereocenters. The molecule has 5 atom stereocenters. The first kappa shape index (κ1) is 25.1. The third kappa shape index (κ3) is 11.8. The van der Waals surface area contributed by atoms with Gasteiger partial charge in [-0.05, 0) is 12.3 Å². The van der Waals surface area contributed by atoms with E-state index >= 15 is 0 Å². The van der Waals surface area contributed by atoms with Gasteiger partial charge < -0.3 is 35.2 Å². The summed E-state index contributed by atoms with van der Waals surface area (Å²) in [6.07, 6.45) is 1.32. The van der Waals surface area contributed by atoms with E-state index in [0.717, 1.165) is 36.5 Å². The van der Waals surface area contributed by atoms with Crippen molar-refractivity contribution in [2.24, 2.45) is 5.92 Å². The maximum atomic E-state index is 12.0. The van der Waals surface area contributed by atoms with E-state index in [-0.39, 0.29) is 6.61 Å². The lowest BCUT2D eigenvalue weighted by atomic mass is 10.00. The number of carbonyl (C=O) groups excluding carboxylic acids is 1. The molecule has 168 valence electrons. The Labute approximate surface area is 170 Å². The fraction of sp³-hybridized carbons (Fsp3) is 0.950. The Morgan fingerprint density at radius 1 is 1.00 bits per heavy atom. The molecule has 0 aliphatic carbocycles. The van der Waals surface area contributed by atoms with Gasteiger partial charge in [-0.15, -0.1) is 0 Å². The Morgan fingerprint density at radius 2 is 1.57 bits per heavy atom. The molecule has 5 N–H and O–H groups in total. The molecule has 8 nitrogen and oxygen atoms in total. The second-order valence-electron chi connectivity index (χ2n) is 7.56. The lowest BCUT2D eigenvalue weighted by molar-refractivity contribution is -0.117. The zero-order valence-electron chi connectivity index (χ0n) is 18.4. The van der Waals surface area contributed by atoms with Gasteiger partial charge in [0.15, 0.2) is 0 Å². The van der Waals surface area contributed by atoms with Crippen LogP contribution in [0.2, 0.25) is 0 Å². The first-order valence-electron chi connectivity index (χ1n) is 11.0. The third-order valence-corrected chi connectivity index (χ3v) is 5.00. The molecule has 0 aromatic heterocycles. The minimum absolute atomic E-state index is 0.215. The molecule has 1 amide bonds. The lowest BCUT2D eigenvalue weighted by Gasteiger charge is -2.28. The summed E-state index contributed by atoms with van der Waals surface area (Å²) < 4.78 is 12.5. The number of nitrogens with zero attached hydrogens (tertiary/aromatic N) is 1. The normalized spacial score (nSPS) is 17.3. The monoisotopic (exact) mass is 408 g/mol. The van der Waals surface area contributed by atoms with Crippen molar-refractivity contribution in [3.8, 4) is 0 Å². The molecule has 0 aromatic carbocycles. The summed E-state index contributed by atoms with van der Waals surface area (Å²) >= 11 is 0. The molecule has 0 saturated heterocycles. The summed E-state index contributed by atoms with van der Waals surface area (Å²) in [7, 11) is -0.489. The van der Waals surface area contributed by atoms with Crippen LogP contribution in [0.15, 0.2) is 0 Å². The third-order valence-electron chi connectivity index (χ3n) is 5.00. The van der Waals surface area contributed by atoms with Gasteiger partial charge in [0.2, 0.25) is 0 Å². The topological polar surface area (TPSA) is 131 Å². The van der Waals surface area contributed by atoms with E-state index in [1.807, 2.05) is 0 Å². The van der Waals surface area contributed by atoms with Crippen molar-refractivity contribution >= 4 is 6.09 Å². The summed E-state index contributed by atoms with van der Waals surface area (Å²) in [4.78, 5) is 12.9. The van der Waals surface area contributed by atoms with Crippen molar-refractivity contribution in [1.82, 2.24) is 4.90 Å². The van der Waals surface area contributed by atoms with Crippen molar-refractivity contribution in [3.05, 3.63) is 0 Å². The highest BCUT2D eigenvalue weighted by Crippen LogP contribution is 2.14. The van der Waals surface area contributed by atoms with E-state index in [9.17, 15) is 25.2 Å². The number of hydrogen-bond donors (Lipinski definition) is 5. The van der Waals surface area contributed by atoms with Gasteiger partial charge in [0.05, 0.1) is 19.8 Å². The number of unbranched alkanes of at least 4 members (excludes halogenated alkanes) is 5. The van der Waals surface area contributed by atoms with Gasteiger partial charge in [-0.2, -0.15) is 0 Å². The van der Waals surface area contributed by atoms with Gasteiger partial charge in [0.25, 0.3) is 0 Å². The number of hydrogen-bond acceptors (Lipinski definition) is 7. The fourth-order valence-electron chi connectivity index (χ4n) is 2.73. The summed E-state index contributed by atoms with van der Waals surface area (Å²) in [5.74, 6) is 0.789. The Hall–Kier alpha value is -0.930. The van der Waals surface area contributed by atoms with Crippen molar-refractivity contribution in [2.75, 3.05) is 26.8 Å². The summed E-state index contributed by atoms with van der Waals surface area (Å²) in [5, 5.41) is 47.4. The average molecular weight is 409 g/mol. The van der Waals surface area contributed by atoms with Crippen molar-refractivity contribution in [1.29, 1.82) is 0 Å². The predicted molar refractivity (Wildman–Crippen MR) is 107 cm³/mol. The van der Waals surface area contributed by atoms with Crippen LogP contribution in [0.3, 0.4) is 0 Å². The van der Waals surface area contributed by atoms with E-state index in [2.05, 4.69) is 13.8 Å². The molecule has 0 spiro atoms. The molecule has 0 rings (SSSR count). The second-order valence-corrected chi connectivity index (χ2v) is 7.56. The standard InChI is InChI=1S/C20H41NO7/c1-4-15(2)11-9-7-5-6-8-10-12-28-20(27)21(3)13-16(23)18(25)19(26)17(24)14-22/h15-19,22-26H,4-14H2,1-3H3/t15?,16-,17+,18+,19+/m0/s1/i3D. The molecule has 28 heavy (non-hydrogen) atoms. The van der Waals surface area contributed by atoms with E-state index in [4.69, 9.17) is 11.2 Å². The Kier molecular flexibility index (Phi) is 14.3. The SMILES string of the molecule is [2H]CN(C[C@H](O)[C@@H](O)[C@H](O)[C@H](O)CO)C(=O)OCCCCCCCCC(C)CC. The van der Waals surface area contributed by atoms with Gasteiger partial charge in [0.1, 0.15) is 24.4 Å². The smallest absolute Gasteiger partial charge is 0.409 e. The predicted octanol–water partition coefficient (Wildman–Crippen LogP) is 1.27. The summed E-state index contributed by atoms with van der Waals surface area (Å²) in [6, 6.07) is 0. The van der Waals surface area contributed by atoms with Crippen LogP contribution in [-0.2, 0) is 4.74 Å². The van der Waals surface area contributed by atoms with Crippen LogP contribution in [-0.4, -0.2) is 87.7 Å². The zero-order valence-corrected chi connectivity index (χ0v) is 17.4. The minimum Gasteiger partial charge on any atom is -0.449 e. The van der Waals surface area contributed by atoms with Crippen LogP contribution < -0.4 is 0 Å². The molecule has 0 fully saturated rings. The number of amides is 1. The maximum absolute atomic E-state index is 12.0. The minimum atomic E-state index is -1.78. The number of rotatable bonds is 16. The summed E-state index contributed by atoms with van der Waals surface area (Å²) in [5.41, 5.74) is 0. The van der Waals surface area contributed by atoms with Gasteiger partial charge in [0, 0.05) is 8.39 Å². The Balaban J connectivity index is 4.00. The van der Waals surface area contributed by atoms with Crippen LogP contribution in [0.5, 0.6) is 0 Å². The Morgan fingerprint density at radius 3 is 2.14 bits per heavy atom. The van der Waals surface area contributed by atoms with Crippen molar-refractivity contribution in [3.63, 3.8) is 0 Å². The quantitative estimate of drug-likeness (QED) is 0.243. The molecule has 8 heteroatoms. The van der Waals surface area contributed by atoms with Gasteiger partial charge in [-0.25, -0.2) is 4.79 Å². The van der Waals surface area contributed by atoms with Gasteiger partial charge in [-0.3, -0.25) is 0 Å². The van der Waals surface area contributed by atoms with E-state index in [1.54, 1.807) is 0 Å². The van der Waals surface area contributed by atoms with Crippen LogP contribution >= 0.6 is 0 Å². The first-order chi connectivity index (χ1) is 13.8. The number of aliphatic hydroxyl groups is 5. The van der Waals surface area contributed by atoms with Crippen LogP contribution in [0.4, 0.5) is 4.79 Å². The molecule has 0 radical (unpaired) electrons. The lowest BCUT2D eigenvalue weighted by Crippen LogP contribution is -2.50. The Bertz CT molecular complexity index is 416. The second kappa shape index (κ2) is 15.9. The van der Waals surface area contributed by atoms with Crippen molar-refractivity contribution in [2.45, 2.75) is 89.6 Å². The van der Waals surface area contributed by atoms with E-state index < -0.39 is 50.7 Å². The van der Waals surface area contributed by atoms with Gasteiger partial charge >= 0.3 is 6.09 Å². The molecule has 0 saturated carbocycles. The van der Waals surface area contributed by atoms with Crippen LogP contribution in [0, 0.1) is 5.92 Å². The molecule has 0 aliphatic rings. The van der Waals surface area contributed by atoms with Gasteiger partial charge in [-0.1, -0.05) is 58.8 Å². The highest BCUT2D eigenvalue weighted by Gasteiger charge is 2.31. The fourth-order valence-corrected chi connectivity index (χ4v) is 2.73. The maximum Gasteiger partial charge on any atom is 0.409 e. The van der Waals surface area contributed by atoms with E-state index in [1.165, 1.54) is 25.7 Å². The zero-order chi connectivity index (χ0) is 22.2. The summed E-state index contributed by atoms with van der Waals surface area (Å²) in [6.45, 7) is 3.48. The van der Waals surface area contributed by atoms with Crippen LogP contribution in [0.1, 0.15) is 66.6 Å².